The minimum atomic E-state index is 0.161. The Kier molecular flexibility index (Phi) is 4.98. The normalized spacial score (nSPS) is 37.8. The highest BCUT2D eigenvalue weighted by atomic mass is 16.5. The largest absolute Gasteiger partial charge is 0.492 e. The molecule has 4 aliphatic rings. The summed E-state index contributed by atoms with van der Waals surface area (Å²) in [6.45, 7) is 13.0. The molecule has 152 valence electrons. The van der Waals surface area contributed by atoms with Crippen molar-refractivity contribution >= 4 is 0 Å². The summed E-state index contributed by atoms with van der Waals surface area (Å²) < 4.78 is 18.1. The molecule has 1 aromatic rings. The van der Waals surface area contributed by atoms with Gasteiger partial charge in [-0.05, 0) is 48.5 Å². The first-order valence-electron chi connectivity index (χ1n) is 11.0. The van der Waals surface area contributed by atoms with Gasteiger partial charge in [0.15, 0.2) is 0 Å². The lowest BCUT2D eigenvalue weighted by Gasteiger charge is -2.48. The monoisotopic (exact) mass is 383 g/mol. The number of ether oxygens (including phenoxy) is 3. The SMILES string of the molecule is C=C1[C@@H]2C[C@@H]3[C@@H](c4ccccc4OCCN4CCOCC4)OCC[C@@]3(C2)[C@@H]1C. The van der Waals surface area contributed by atoms with Crippen molar-refractivity contribution in [3.05, 3.63) is 42.0 Å². The zero-order chi connectivity index (χ0) is 19.1. The van der Waals surface area contributed by atoms with Gasteiger partial charge >= 0.3 is 0 Å². The van der Waals surface area contributed by atoms with E-state index in [9.17, 15) is 0 Å². The highest BCUT2D eigenvalue weighted by molar-refractivity contribution is 5.38. The fourth-order valence-corrected chi connectivity index (χ4v) is 6.42. The molecule has 28 heavy (non-hydrogen) atoms. The fourth-order valence-electron chi connectivity index (χ4n) is 6.42. The highest BCUT2D eigenvalue weighted by Crippen LogP contribution is 2.69. The Hall–Kier alpha value is -1.36. The van der Waals surface area contributed by atoms with Crippen molar-refractivity contribution in [3.63, 3.8) is 0 Å². The molecule has 4 heteroatoms. The molecule has 2 bridgehead atoms. The molecule has 2 saturated carbocycles. The number of nitrogens with zero attached hydrogens (tertiary/aromatic N) is 1. The molecule has 2 saturated heterocycles. The molecule has 4 nitrogen and oxygen atoms in total. The Morgan fingerprint density at radius 3 is 2.86 bits per heavy atom. The van der Waals surface area contributed by atoms with Crippen molar-refractivity contribution in [1.29, 1.82) is 0 Å². The lowest BCUT2D eigenvalue weighted by atomic mass is 9.62. The molecular weight excluding hydrogens is 350 g/mol. The minimum Gasteiger partial charge on any atom is -0.492 e. The maximum atomic E-state index is 6.41. The van der Waals surface area contributed by atoms with E-state index in [-0.39, 0.29) is 6.10 Å². The van der Waals surface area contributed by atoms with E-state index in [1.54, 1.807) is 0 Å². The Labute approximate surface area is 168 Å². The molecule has 0 radical (unpaired) electrons. The predicted octanol–water partition coefficient (Wildman–Crippen LogP) is 4.08. The maximum absolute atomic E-state index is 6.41. The number of rotatable bonds is 5. The third-order valence-corrected chi connectivity index (χ3v) is 8.07. The van der Waals surface area contributed by atoms with Gasteiger partial charge in [-0.3, -0.25) is 4.90 Å². The topological polar surface area (TPSA) is 30.9 Å². The molecule has 0 unspecified atom stereocenters. The highest BCUT2D eigenvalue weighted by Gasteiger charge is 2.61. The predicted molar refractivity (Wildman–Crippen MR) is 109 cm³/mol. The van der Waals surface area contributed by atoms with Gasteiger partial charge in [0.25, 0.3) is 0 Å². The summed E-state index contributed by atoms with van der Waals surface area (Å²) in [7, 11) is 0. The van der Waals surface area contributed by atoms with Gasteiger partial charge in [-0.2, -0.15) is 0 Å². The van der Waals surface area contributed by atoms with Gasteiger partial charge in [-0.1, -0.05) is 37.3 Å². The Bertz CT molecular complexity index is 728. The van der Waals surface area contributed by atoms with Crippen LogP contribution in [-0.4, -0.2) is 51.0 Å². The smallest absolute Gasteiger partial charge is 0.125 e. The number of morpholine rings is 1. The summed E-state index contributed by atoms with van der Waals surface area (Å²) in [5, 5.41) is 0. The van der Waals surface area contributed by atoms with Gasteiger partial charge in [0.1, 0.15) is 12.4 Å². The first-order valence-corrected chi connectivity index (χ1v) is 11.0. The van der Waals surface area contributed by atoms with Crippen molar-refractivity contribution in [2.24, 2.45) is 23.2 Å². The Morgan fingerprint density at radius 1 is 1.21 bits per heavy atom. The molecule has 1 spiro atoms. The van der Waals surface area contributed by atoms with Gasteiger partial charge in [0.05, 0.1) is 19.3 Å². The van der Waals surface area contributed by atoms with Crippen molar-refractivity contribution in [3.8, 4) is 5.75 Å². The van der Waals surface area contributed by atoms with E-state index < -0.39 is 0 Å². The summed E-state index contributed by atoms with van der Waals surface area (Å²) in [6, 6.07) is 8.55. The number of hydrogen-bond acceptors (Lipinski definition) is 4. The standard InChI is InChI=1S/C24H33NO3/c1-17-18(2)24-7-11-28-23(21(24)15-19(17)16-24)20-5-3-4-6-22(20)27-14-10-25-8-12-26-13-9-25/h3-6,18-19,21,23H,1,7-16H2,2H3/t18-,19-,21-,23-,24-/m1/s1. The maximum Gasteiger partial charge on any atom is 0.125 e. The van der Waals surface area contributed by atoms with E-state index in [2.05, 4.69) is 42.7 Å². The Balaban J connectivity index is 1.32. The summed E-state index contributed by atoms with van der Waals surface area (Å²) in [5.74, 6) is 2.92. The second-order valence-corrected chi connectivity index (χ2v) is 9.15. The number of para-hydroxylation sites is 1. The van der Waals surface area contributed by atoms with E-state index in [0.29, 0.717) is 23.2 Å². The van der Waals surface area contributed by atoms with Gasteiger partial charge in [0, 0.05) is 31.8 Å². The van der Waals surface area contributed by atoms with E-state index in [1.807, 2.05) is 0 Å². The van der Waals surface area contributed by atoms with E-state index in [4.69, 9.17) is 14.2 Å². The molecule has 0 N–H and O–H groups in total. The quantitative estimate of drug-likeness (QED) is 0.717. The van der Waals surface area contributed by atoms with Crippen LogP contribution in [0.4, 0.5) is 0 Å². The zero-order valence-corrected chi connectivity index (χ0v) is 17.1. The number of fused-ring (bicyclic) bond motifs is 1. The molecular formula is C24H33NO3. The van der Waals surface area contributed by atoms with Crippen molar-refractivity contribution in [2.75, 3.05) is 46.1 Å². The van der Waals surface area contributed by atoms with Crippen LogP contribution in [0.25, 0.3) is 0 Å². The van der Waals surface area contributed by atoms with Crippen LogP contribution in [0.2, 0.25) is 0 Å². The summed E-state index contributed by atoms with van der Waals surface area (Å²) in [4.78, 5) is 2.42. The first-order chi connectivity index (χ1) is 13.7. The van der Waals surface area contributed by atoms with Crippen LogP contribution in [0, 0.1) is 23.2 Å². The summed E-state index contributed by atoms with van der Waals surface area (Å²) in [5.41, 5.74) is 3.14. The van der Waals surface area contributed by atoms with Crippen LogP contribution in [0.15, 0.2) is 36.4 Å². The fraction of sp³-hybridized carbons (Fsp3) is 0.667. The molecule has 2 aliphatic heterocycles. The van der Waals surface area contributed by atoms with E-state index in [1.165, 1.54) is 30.4 Å². The molecule has 0 amide bonds. The first kappa shape index (κ1) is 18.7. The number of hydrogen-bond donors (Lipinski definition) is 0. The lowest BCUT2D eigenvalue weighted by molar-refractivity contribution is -0.107. The van der Waals surface area contributed by atoms with Gasteiger partial charge < -0.3 is 14.2 Å². The molecule has 2 aliphatic carbocycles. The van der Waals surface area contributed by atoms with Crippen molar-refractivity contribution in [2.45, 2.75) is 32.3 Å². The minimum absolute atomic E-state index is 0.161. The molecule has 0 aromatic heterocycles. The van der Waals surface area contributed by atoms with Gasteiger partial charge in [-0.25, -0.2) is 0 Å². The zero-order valence-electron chi connectivity index (χ0n) is 17.1. The lowest BCUT2D eigenvalue weighted by Crippen LogP contribution is -2.42. The van der Waals surface area contributed by atoms with Crippen LogP contribution in [0.5, 0.6) is 5.75 Å². The van der Waals surface area contributed by atoms with Crippen LogP contribution in [0.3, 0.4) is 0 Å². The average Bonchev–Trinajstić information content (AvgIpc) is 3.24. The molecule has 2 heterocycles. The van der Waals surface area contributed by atoms with Crippen molar-refractivity contribution < 1.29 is 14.2 Å². The van der Waals surface area contributed by atoms with E-state index >= 15 is 0 Å². The third-order valence-electron chi connectivity index (χ3n) is 8.07. The van der Waals surface area contributed by atoms with Crippen LogP contribution >= 0.6 is 0 Å². The number of benzene rings is 1. The van der Waals surface area contributed by atoms with Crippen molar-refractivity contribution in [1.82, 2.24) is 4.90 Å². The van der Waals surface area contributed by atoms with Gasteiger partial charge in [-0.15, -0.1) is 0 Å². The molecule has 5 rings (SSSR count). The number of allylic oxidation sites excluding steroid dienone is 1. The second-order valence-electron chi connectivity index (χ2n) is 9.15. The van der Waals surface area contributed by atoms with Crippen LogP contribution < -0.4 is 4.74 Å². The van der Waals surface area contributed by atoms with Crippen LogP contribution in [-0.2, 0) is 9.47 Å². The molecule has 4 fully saturated rings. The van der Waals surface area contributed by atoms with Gasteiger partial charge in [0.2, 0.25) is 0 Å². The Morgan fingerprint density at radius 2 is 2.04 bits per heavy atom. The summed E-state index contributed by atoms with van der Waals surface area (Å²) >= 11 is 0. The van der Waals surface area contributed by atoms with E-state index in [0.717, 1.165) is 51.8 Å². The summed E-state index contributed by atoms with van der Waals surface area (Å²) in [6.07, 6.45) is 3.90. The van der Waals surface area contributed by atoms with Crippen LogP contribution in [0.1, 0.15) is 37.9 Å². The third kappa shape index (κ3) is 3.01. The second kappa shape index (κ2) is 7.47. The average molecular weight is 384 g/mol. The molecule has 5 atom stereocenters. The molecule has 1 aromatic carbocycles.